The SMILES string of the molecule is NCCNCCNOP(=O)(O)O.[NaH].[NaH].[NaH].[NaH].[NaH]. The summed E-state index contributed by atoms with van der Waals surface area (Å²) in [5, 5.41) is 2.90. The molecule has 0 bridgehead atoms. The van der Waals surface area contributed by atoms with Crippen LogP contribution in [0.2, 0.25) is 0 Å². The summed E-state index contributed by atoms with van der Waals surface area (Å²) in [6.45, 7) is 2.04. The second-order valence-corrected chi connectivity index (χ2v) is 3.18. The summed E-state index contributed by atoms with van der Waals surface area (Å²) >= 11 is 0. The molecule has 0 atom stereocenters. The number of phosphoric acid groups is 1. The van der Waals surface area contributed by atoms with E-state index in [0.717, 1.165) is 0 Å². The topological polar surface area (TPSA) is 117 Å². The molecule has 0 aromatic rings. The van der Waals surface area contributed by atoms with E-state index in [-0.39, 0.29) is 148 Å². The predicted octanol–water partition coefficient (Wildman–Crippen LogP) is -5.09. The van der Waals surface area contributed by atoms with Crippen molar-refractivity contribution in [3.8, 4) is 0 Å². The molecule has 0 aliphatic heterocycles. The van der Waals surface area contributed by atoms with E-state index in [1.54, 1.807) is 0 Å². The fraction of sp³-hybridized carbons (Fsp3) is 1.00. The molecule has 0 aliphatic carbocycles. The van der Waals surface area contributed by atoms with Crippen LogP contribution < -0.4 is 16.5 Å². The molecule has 0 amide bonds. The van der Waals surface area contributed by atoms with Gasteiger partial charge in [0.05, 0.1) is 0 Å². The minimum absolute atomic E-state index is 0. The molecule has 7 nitrogen and oxygen atoms in total. The minimum atomic E-state index is -4.38. The van der Waals surface area contributed by atoms with Crippen LogP contribution in [-0.2, 0) is 9.19 Å². The molecule has 0 aliphatic rings. The van der Waals surface area contributed by atoms with Crippen LogP contribution in [0, 0.1) is 0 Å². The quantitative estimate of drug-likeness (QED) is 0.138. The molecule has 0 spiro atoms. The first-order chi connectivity index (χ1) is 5.56. The Morgan fingerprint density at radius 1 is 1.00 bits per heavy atom. The number of hydrogen-bond donors (Lipinski definition) is 5. The Balaban J connectivity index is -0.0000000605. The summed E-state index contributed by atoms with van der Waals surface area (Å²) in [5.74, 6) is 0. The van der Waals surface area contributed by atoms with E-state index in [1.807, 2.05) is 0 Å². The van der Waals surface area contributed by atoms with E-state index in [9.17, 15) is 4.57 Å². The van der Waals surface area contributed by atoms with Crippen LogP contribution in [0.25, 0.3) is 0 Å². The van der Waals surface area contributed by atoms with Gasteiger partial charge in [0.2, 0.25) is 0 Å². The van der Waals surface area contributed by atoms with E-state index >= 15 is 0 Å². The van der Waals surface area contributed by atoms with Crippen LogP contribution in [0.5, 0.6) is 0 Å². The third-order valence-electron chi connectivity index (χ3n) is 0.908. The summed E-state index contributed by atoms with van der Waals surface area (Å²) in [7, 11) is -4.38. The summed E-state index contributed by atoms with van der Waals surface area (Å²) in [6, 6.07) is 0. The number of nitrogens with one attached hydrogen (secondary N) is 2. The van der Waals surface area contributed by atoms with Crippen molar-refractivity contribution < 1.29 is 19.0 Å². The van der Waals surface area contributed by atoms with Crippen LogP contribution in [0.15, 0.2) is 0 Å². The second-order valence-electron chi connectivity index (χ2n) is 2.01. The van der Waals surface area contributed by atoms with Crippen molar-refractivity contribution in [2.45, 2.75) is 0 Å². The van der Waals surface area contributed by atoms with Gasteiger partial charge in [0.25, 0.3) is 0 Å². The third kappa shape index (κ3) is 38.7. The van der Waals surface area contributed by atoms with Gasteiger partial charge >= 0.3 is 156 Å². The van der Waals surface area contributed by atoms with Crippen molar-refractivity contribution in [3.05, 3.63) is 0 Å². The van der Waals surface area contributed by atoms with Crippen molar-refractivity contribution in [2.75, 3.05) is 26.2 Å². The Morgan fingerprint density at radius 3 is 1.82 bits per heavy atom. The predicted molar refractivity (Wildman–Crippen MR) is 78.8 cm³/mol. The number of hydrogen-bond acceptors (Lipinski definition) is 5. The number of hydroxylamine groups is 1. The summed E-state index contributed by atoms with van der Waals surface area (Å²) < 4.78 is 14.0. The first-order valence-electron chi connectivity index (χ1n) is 3.44. The molecule has 0 rings (SSSR count). The Hall–Kier alpha value is 4.99. The van der Waals surface area contributed by atoms with Gasteiger partial charge in [-0.05, 0) is 0 Å². The third-order valence-corrected chi connectivity index (χ3v) is 1.28. The Labute approximate surface area is 213 Å². The van der Waals surface area contributed by atoms with Crippen LogP contribution >= 0.6 is 7.82 Å². The first kappa shape index (κ1) is 37.9. The molecule has 84 valence electrons. The first-order valence-corrected chi connectivity index (χ1v) is 4.97. The normalized spacial score (nSPS) is 8.41. The molecule has 6 N–H and O–H groups in total. The van der Waals surface area contributed by atoms with Gasteiger partial charge in [-0.1, -0.05) is 0 Å². The van der Waals surface area contributed by atoms with Crippen LogP contribution in [0.4, 0.5) is 0 Å². The van der Waals surface area contributed by atoms with E-state index in [2.05, 4.69) is 15.4 Å². The second kappa shape index (κ2) is 25.9. The molecule has 0 heterocycles. The monoisotopic (exact) mass is 319 g/mol. The van der Waals surface area contributed by atoms with Gasteiger partial charge in [0, 0.05) is 26.2 Å². The zero-order chi connectivity index (χ0) is 9.45. The van der Waals surface area contributed by atoms with E-state index in [4.69, 9.17) is 15.5 Å². The molecule has 17 heavy (non-hydrogen) atoms. The van der Waals surface area contributed by atoms with Gasteiger partial charge in [0.1, 0.15) is 0 Å². The fourth-order valence-electron chi connectivity index (χ4n) is 0.496. The van der Waals surface area contributed by atoms with Gasteiger partial charge in [-0.25, -0.2) is 4.57 Å². The molecule has 0 fully saturated rings. The zero-order valence-electron chi connectivity index (χ0n) is 6.56. The molecule has 13 heteroatoms. The molecule has 0 saturated carbocycles. The Bertz CT molecular complexity index is 164. The van der Waals surface area contributed by atoms with E-state index < -0.39 is 7.82 Å². The van der Waals surface area contributed by atoms with Gasteiger partial charge in [-0.3, -0.25) is 0 Å². The molecular weight excluding hydrogens is 300 g/mol. The van der Waals surface area contributed by atoms with E-state index in [1.165, 1.54) is 0 Å². The van der Waals surface area contributed by atoms with Crippen molar-refractivity contribution in [1.29, 1.82) is 0 Å². The molecule has 0 unspecified atom stereocenters. The molecule has 0 radical (unpaired) electrons. The molecule has 0 saturated heterocycles. The maximum atomic E-state index is 10.1. The molecule has 0 aromatic heterocycles. The van der Waals surface area contributed by atoms with Crippen molar-refractivity contribution >= 4 is 156 Å². The average Bonchev–Trinajstić information content (AvgIpc) is 1.94. The standard InChI is InChI=1S/C4H14N3O4P.5Na.5H/c5-1-2-6-3-4-7-11-12(8,9)10;;;;;;;;;;/h6-7H,1-5H2,(H2,8,9,10);;;;;;;;;;. The van der Waals surface area contributed by atoms with Crippen molar-refractivity contribution in [1.82, 2.24) is 10.8 Å². The van der Waals surface area contributed by atoms with Crippen LogP contribution in [0.3, 0.4) is 0 Å². The van der Waals surface area contributed by atoms with Crippen molar-refractivity contribution in [2.24, 2.45) is 5.73 Å². The Morgan fingerprint density at radius 2 is 1.47 bits per heavy atom. The van der Waals surface area contributed by atoms with Crippen LogP contribution in [-0.4, -0.2) is 184 Å². The summed E-state index contributed by atoms with van der Waals surface area (Å²) in [5.41, 5.74) is 7.29. The molecular formula is C4H19N3Na5O4P. The van der Waals surface area contributed by atoms with E-state index in [0.29, 0.717) is 26.2 Å². The van der Waals surface area contributed by atoms with Crippen LogP contribution in [0.1, 0.15) is 0 Å². The zero-order valence-corrected chi connectivity index (χ0v) is 7.46. The average molecular weight is 319 g/mol. The van der Waals surface area contributed by atoms with Gasteiger partial charge in [-0.2, -0.15) is 10.1 Å². The number of rotatable bonds is 7. The maximum absolute atomic E-state index is 10.1. The summed E-state index contributed by atoms with van der Waals surface area (Å²) in [4.78, 5) is 16.4. The molecule has 0 aromatic carbocycles. The fourth-order valence-corrected chi connectivity index (χ4v) is 0.756. The number of nitrogens with two attached hydrogens (primary N) is 1. The van der Waals surface area contributed by atoms with Gasteiger partial charge in [-0.15, -0.1) is 0 Å². The van der Waals surface area contributed by atoms with Gasteiger partial charge in [0.15, 0.2) is 0 Å². The summed E-state index contributed by atoms with van der Waals surface area (Å²) in [6.07, 6.45) is 0. The Kier molecular flexibility index (Phi) is 57.8. The van der Waals surface area contributed by atoms with Gasteiger partial charge < -0.3 is 20.8 Å². The van der Waals surface area contributed by atoms with Crippen molar-refractivity contribution in [3.63, 3.8) is 0 Å².